The third-order valence-electron chi connectivity index (χ3n) is 2.37. The Labute approximate surface area is 94.1 Å². The summed E-state index contributed by atoms with van der Waals surface area (Å²) < 4.78 is 0. The van der Waals surface area contributed by atoms with Crippen molar-refractivity contribution in [2.75, 3.05) is 5.32 Å². The van der Waals surface area contributed by atoms with Crippen LogP contribution in [-0.2, 0) is 0 Å². The Morgan fingerprint density at radius 2 is 1.88 bits per heavy atom. The van der Waals surface area contributed by atoms with Gasteiger partial charge in [-0.1, -0.05) is 0 Å². The van der Waals surface area contributed by atoms with Crippen LogP contribution >= 0.6 is 0 Å². The molecule has 0 aliphatic heterocycles. The predicted molar refractivity (Wildman–Crippen MR) is 60.5 cm³/mol. The van der Waals surface area contributed by atoms with E-state index in [2.05, 4.69) is 5.32 Å². The Balaban J connectivity index is 3.02. The van der Waals surface area contributed by atoms with E-state index < -0.39 is 0 Å². The molecule has 0 spiro atoms. The summed E-state index contributed by atoms with van der Waals surface area (Å²) in [6.45, 7) is 3.65. The zero-order valence-electron chi connectivity index (χ0n) is 9.07. The molecule has 1 aromatic carbocycles. The fraction of sp³-hybridized carbons (Fsp3) is 0.167. The van der Waals surface area contributed by atoms with Crippen LogP contribution in [0.25, 0.3) is 0 Å². The van der Waals surface area contributed by atoms with Crippen LogP contribution in [0.2, 0.25) is 0 Å². The minimum atomic E-state index is 0.00475. The second-order valence-electron chi connectivity index (χ2n) is 3.31. The third-order valence-corrected chi connectivity index (χ3v) is 2.37. The predicted octanol–water partition coefficient (Wildman–Crippen LogP) is 2.35. The van der Waals surface area contributed by atoms with Crippen LogP contribution in [-0.4, -0.2) is 5.11 Å². The first-order valence-corrected chi connectivity index (χ1v) is 4.66. The molecule has 0 heterocycles. The number of rotatable bonds is 2. The van der Waals surface area contributed by atoms with Gasteiger partial charge in [-0.3, -0.25) is 0 Å². The Morgan fingerprint density at radius 3 is 2.44 bits per heavy atom. The topological polar surface area (TPSA) is 79.8 Å². The van der Waals surface area contributed by atoms with Gasteiger partial charge in [0.1, 0.15) is 23.5 Å². The third kappa shape index (κ3) is 2.31. The summed E-state index contributed by atoms with van der Waals surface area (Å²) in [4.78, 5) is 0. The molecule has 1 rings (SSSR count). The standard InChI is InChI=1S/C12H11N3O/c1-8-9(2)12(16)4-3-11(8)15-7-10(5-13)6-14/h3-4,7,15-16H,1-2H3. The van der Waals surface area contributed by atoms with Crippen molar-refractivity contribution >= 4 is 5.69 Å². The van der Waals surface area contributed by atoms with E-state index in [1.54, 1.807) is 31.2 Å². The van der Waals surface area contributed by atoms with E-state index in [4.69, 9.17) is 10.5 Å². The summed E-state index contributed by atoms with van der Waals surface area (Å²) in [6, 6.07) is 6.77. The van der Waals surface area contributed by atoms with Gasteiger partial charge in [0.25, 0.3) is 0 Å². The molecule has 16 heavy (non-hydrogen) atoms. The summed E-state index contributed by atoms with van der Waals surface area (Å²) in [5.41, 5.74) is 2.42. The summed E-state index contributed by atoms with van der Waals surface area (Å²) >= 11 is 0. The van der Waals surface area contributed by atoms with E-state index in [1.165, 1.54) is 6.20 Å². The fourth-order valence-electron chi connectivity index (χ4n) is 1.20. The van der Waals surface area contributed by atoms with E-state index in [0.717, 1.165) is 16.8 Å². The van der Waals surface area contributed by atoms with Crippen molar-refractivity contribution in [2.45, 2.75) is 13.8 Å². The fourth-order valence-corrected chi connectivity index (χ4v) is 1.20. The Kier molecular flexibility index (Phi) is 3.53. The summed E-state index contributed by atoms with van der Waals surface area (Å²) in [5.74, 6) is 0.229. The zero-order valence-corrected chi connectivity index (χ0v) is 9.07. The molecule has 4 heteroatoms. The molecule has 4 nitrogen and oxygen atoms in total. The first-order chi connectivity index (χ1) is 7.60. The molecule has 1 aromatic rings. The van der Waals surface area contributed by atoms with Crippen molar-refractivity contribution in [3.63, 3.8) is 0 Å². The molecule has 0 saturated carbocycles. The monoisotopic (exact) mass is 213 g/mol. The molecular formula is C12H11N3O. The Morgan fingerprint density at radius 1 is 1.25 bits per heavy atom. The number of nitrogens with zero attached hydrogens (tertiary/aromatic N) is 2. The van der Waals surface area contributed by atoms with Crippen LogP contribution in [0.3, 0.4) is 0 Å². The minimum absolute atomic E-state index is 0.00475. The number of allylic oxidation sites excluding steroid dienone is 1. The number of phenols is 1. The van der Waals surface area contributed by atoms with Gasteiger partial charge in [0.15, 0.2) is 0 Å². The normalized spacial score (nSPS) is 8.75. The van der Waals surface area contributed by atoms with Gasteiger partial charge in [-0.05, 0) is 37.1 Å². The lowest BCUT2D eigenvalue weighted by Crippen LogP contribution is -1.94. The van der Waals surface area contributed by atoms with Gasteiger partial charge in [-0.15, -0.1) is 0 Å². The molecule has 0 radical (unpaired) electrons. The van der Waals surface area contributed by atoms with Gasteiger partial charge >= 0.3 is 0 Å². The molecule has 0 fully saturated rings. The highest BCUT2D eigenvalue weighted by Gasteiger charge is 2.04. The Hall–Kier alpha value is -2.46. The summed E-state index contributed by atoms with van der Waals surface area (Å²) in [6.07, 6.45) is 1.35. The lowest BCUT2D eigenvalue weighted by molar-refractivity contribution is 0.470. The first kappa shape index (κ1) is 11.6. The molecule has 0 saturated heterocycles. The molecule has 80 valence electrons. The molecule has 0 aromatic heterocycles. The van der Waals surface area contributed by atoms with Crippen LogP contribution < -0.4 is 5.32 Å². The lowest BCUT2D eigenvalue weighted by atomic mass is 10.1. The highest BCUT2D eigenvalue weighted by atomic mass is 16.3. The Bertz CT molecular complexity index is 502. The van der Waals surface area contributed by atoms with E-state index in [-0.39, 0.29) is 11.3 Å². The number of hydrogen-bond donors (Lipinski definition) is 2. The van der Waals surface area contributed by atoms with Crippen molar-refractivity contribution in [2.24, 2.45) is 0 Å². The molecule has 0 unspecified atom stereocenters. The van der Waals surface area contributed by atoms with Crippen molar-refractivity contribution in [3.05, 3.63) is 35.0 Å². The minimum Gasteiger partial charge on any atom is -0.508 e. The number of hydrogen-bond acceptors (Lipinski definition) is 4. The maximum Gasteiger partial charge on any atom is 0.145 e. The molecule has 0 bridgehead atoms. The average Bonchev–Trinajstić information content (AvgIpc) is 2.30. The van der Waals surface area contributed by atoms with Gasteiger partial charge in [-0.2, -0.15) is 10.5 Å². The number of aromatic hydroxyl groups is 1. The largest absolute Gasteiger partial charge is 0.508 e. The number of anilines is 1. The number of phenolic OH excluding ortho intramolecular Hbond substituents is 1. The van der Waals surface area contributed by atoms with E-state index in [1.807, 2.05) is 6.92 Å². The second-order valence-corrected chi connectivity index (χ2v) is 3.31. The van der Waals surface area contributed by atoms with Gasteiger partial charge in [0.2, 0.25) is 0 Å². The number of nitrogens with one attached hydrogen (secondary N) is 1. The molecule has 0 atom stereocenters. The molecule has 0 aliphatic rings. The quantitative estimate of drug-likeness (QED) is 0.583. The highest BCUT2D eigenvalue weighted by Crippen LogP contribution is 2.26. The number of benzene rings is 1. The first-order valence-electron chi connectivity index (χ1n) is 4.66. The zero-order chi connectivity index (χ0) is 12.1. The summed E-state index contributed by atoms with van der Waals surface area (Å²) in [7, 11) is 0. The van der Waals surface area contributed by atoms with Crippen molar-refractivity contribution in [3.8, 4) is 17.9 Å². The van der Waals surface area contributed by atoms with Crippen LogP contribution in [0.1, 0.15) is 11.1 Å². The van der Waals surface area contributed by atoms with Crippen molar-refractivity contribution < 1.29 is 5.11 Å². The highest BCUT2D eigenvalue weighted by molar-refractivity contribution is 5.60. The smallest absolute Gasteiger partial charge is 0.145 e. The molecule has 0 aliphatic carbocycles. The van der Waals surface area contributed by atoms with Crippen LogP contribution in [0, 0.1) is 36.5 Å². The lowest BCUT2D eigenvalue weighted by Gasteiger charge is -2.09. The maximum atomic E-state index is 9.45. The number of nitriles is 2. The second kappa shape index (κ2) is 4.86. The van der Waals surface area contributed by atoms with E-state index >= 15 is 0 Å². The molecule has 0 amide bonds. The molecular weight excluding hydrogens is 202 g/mol. The van der Waals surface area contributed by atoms with Crippen LogP contribution in [0.4, 0.5) is 5.69 Å². The van der Waals surface area contributed by atoms with E-state index in [9.17, 15) is 5.11 Å². The van der Waals surface area contributed by atoms with Gasteiger partial charge in [-0.25, -0.2) is 0 Å². The van der Waals surface area contributed by atoms with Gasteiger partial charge in [0, 0.05) is 11.9 Å². The van der Waals surface area contributed by atoms with Crippen LogP contribution in [0.5, 0.6) is 5.75 Å². The average molecular weight is 213 g/mol. The molecule has 2 N–H and O–H groups in total. The SMILES string of the molecule is Cc1c(O)ccc(NC=C(C#N)C#N)c1C. The van der Waals surface area contributed by atoms with Crippen molar-refractivity contribution in [1.82, 2.24) is 0 Å². The van der Waals surface area contributed by atoms with Gasteiger partial charge < -0.3 is 10.4 Å². The maximum absolute atomic E-state index is 9.45. The van der Waals surface area contributed by atoms with Crippen molar-refractivity contribution in [1.29, 1.82) is 10.5 Å². The summed E-state index contributed by atoms with van der Waals surface area (Å²) in [5, 5.41) is 29.4. The van der Waals surface area contributed by atoms with Gasteiger partial charge in [0.05, 0.1) is 0 Å². The van der Waals surface area contributed by atoms with E-state index in [0.29, 0.717) is 0 Å². The van der Waals surface area contributed by atoms with Crippen LogP contribution in [0.15, 0.2) is 23.9 Å².